The molecule has 0 saturated heterocycles. The van der Waals surface area contributed by atoms with E-state index in [0.717, 1.165) is 12.8 Å². The van der Waals surface area contributed by atoms with E-state index in [2.05, 4.69) is 17.6 Å². The lowest BCUT2D eigenvalue weighted by Gasteiger charge is -2.32. The molecule has 0 rings (SSSR count). The Kier molecular flexibility index (Phi) is 6.72. The lowest BCUT2D eigenvalue weighted by molar-refractivity contribution is -0.124. The minimum atomic E-state index is -0.509. The monoisotopic (exact) mass is 244 g/mol. The standard InChI is InChI=1S/C13H28N2O2/c1-7-8-9(2)14-12(17)10(3)15-13(5,6)11(4)16/h9-11,15-16H,7-8H2,1-6H3,(H,14,17). The van der Waals surface area contributed by atoms with Crippen molar-refractivity contribution in [1.29, 1.82) is 0 Å². The second-order valence-corrected chi connectivity index (χ2v) is 5.46. The molecule has 0 heterocycles. The molecule has 3 N–H and O–H groups in total. The first-order valence-electron chi connectivity index (χ1n) is 6.46. The van der Waals surface area contributed by atoms with Gasteiger partial charge in [0.1, 0.15) is 0 Å². The molecule has 0 radical (unpaired) electrons. The van der Waals surface area contributed by atoms with E-state index in [4.69, 9.17) is 0 Å². The lowest BCUT2D eigenvalue weighted by atomic mass is 9.97. The number of carbonyl (C=O) groups is 1. The fourth-order valence-corrected chi connectivity index (χ4v) is 1.62. The molecule has 3 atom stereocenters. The molecule has 0 spiro atoms. The number of amides is 1. The Morgan fingerprint density at radius 2 is 1.82 bits per heavy atom. The van der Waals surface area contributed by atoms with Crippen molar-refractivity contribution >= 4 is 5.91 Å². The fourth-order valence-electron chi connectivity index (χ4n) is 1.62. The fraction of sp³-hybridized carbons (Fsp3) is 0.923. The Balaban J connectivity index is 4.23. The summed E-state index contributed by atoms with van der Waals surface area (Å²) in [5.41, 5.74) is -0.468. The van der Waals surface area contributed by atoms with Crippen molar-refractivity contribution in [1.82, 2.24) is 10.6 Å². The summed E-state index contributed by atoms with van der Waals surface area (Å²) in [4.78, 5) is 11.9. The zero-order valence-electron chi connectivity index (χ0n) is 12.0. The summed E-state index contributed by atoms with van der Waals surface area (Å²) in [6.07, 6.45) is 1.53. The van der Waals surface area contributed by atoms with Gasteiger partial charge < -0.3 is 10.4 Å². The van der Waals surface area contributed by atoms with Crippen LogP contribution in [-0.2, 0) is 4.79 Å². The second kappa shape index (κ2) is 6.97. The Labute approximate surface area is 105 Å². The number of rotatable bonds is 7. The molecule has 4 nitrogen and oxygen atoms in total. The van der Waals surface area contributed by atoms with Crippen LogP contribution in [0.2, 0.25) is 0 Å². The second-order valence-electron chi connectivity index (χ2n) is 5.46. The van der Waals surface area contributed by atoms with E-state index < -0.39 is 11.6 Å². The summed E-state index contributed by atoms with van der Waals surface area (Å²) >= 11 is 0. The predicted octanol–water partition coefficient (Wildman–Crippen LogP) is 1.43. The largest absolute Gasteiger partial charge is 0.392 e. The van der Waals surface area contributed by atoms with Crippen LogP contribution in [0.25, 0.3) is 0 Å². The smallest absolute Gasteiger partial charge is 0.237 e. The van der Waals surface area contributed by atoms with Gasteiger partial charge in [-0.25, -0.2) is 0 Å². The van der Waals surface area contributed by atoms with Gasteiger partial charge in [0, 0.05) is 11.6 Å². The van der Waals surface area contributed by atoms with Gasteiger partial charge in [-0.05, 0) is 41.0 Å². The summed E-state index contributed by atoms with van der Waals surface area (Å²) < 4.78 is 0. The van der Waals surface area contributed by atoms with Crippen LogP contribution in [0.1, 0.15) is 54.4 Å². The summed E-state index contributed by atoms with van der Waals surface area (Å²) in [5.74, 6) is -0.0142. The van der Waals surface area contributed by atoms with Crippen molar-refractivity contribution in [3.8, 4) is 0 Å². The van der Waals surface area contributed by atoms with Gasteiger partial charge in [-0.2, -0.15) is 0 Å². The van der Waals surface area contributed by atoms with E-state index in [-0.39, 0.29) is 18.0 Å². The van der Waals surface area contributed by atoms with Crippen LogP contribution < -0.4 is 10.6 Å². The van der Waals surface area contributed by atoms with Gasteiger partial charge in [-0.3, -0.25) is 10.1 Å². The maximum atomic E-state index is 11.9. The highest BCUT2D eigenvalue weighted by Gasteiger charge is 2.28. The highest BCUT2D eigenvalue weighted by atomic mass is 16.3. The lowest BCUT2D eigenvalue weighted by Crippen LogP contribution is -2.57. The number of carbonyl (C=O) groups excluding carboxylic acids is 1. The van der Waals surface area contributed by atoms with E-state index in [9.17, 15) is 9.90 Å². The molecule has 0 aliphatic carbocycles. The van der Waals surface area contributed by atoms with Gasteiger partial charge in [0.2, 0.25) is 5.91 Å². The minimum absolute atomic E-state index is 0.0142. The van der Waals surface area contributed by atoms with Crippen LogP contribution in [0.5, 0.6) is 0 Å². The molecule has 3 unspecified atom stereocenters. The van der Waals surface area contributed by atoms with E-state index in [1.165, 1.54) is 0 Å². The summed E-state index contributed by atoms with van der Waals surface area (Å²) in [6, 6.07) is -0.106. The molecular formula is C13H28N2O2. The van der Waals surface area contributed by atoms with E-state index in [1.54, 1.807) is 6.92 Å². The summed E-state index contributed by atoms with van der Waals surface area (Å²) in [5, 5.41) is 15.7. The van der Waals surface area contributed by atoms with Crippen molar-refractivity contribution < 1.29 is 9.90 Å². The molecular weight excluding hydrogens is 216 g/mol. The van der Waals surface area contributed by atoms with Crippen molar-refractivity contribution in [3.05, 3.63) is 0 Å². The van der Waals surface area contributed by atoms with Gasteiger partial charge in [0.15, 0.2) is 0 Å². The molecule has 0 aromatic rings. The minimum Gasteiger partial charge on any atom is -0.392 e. The molecule has 4 heteroatoms. The van der Waals surface area contributed by atoms with Gasteiger partial charge >= 0.3 is 0 Å². The normalized spacial score (nSPS) is 17.4. The number of hydrogen-bond donors (Lipinski definition) is 3. The third-order valence-corrected chi connectivity index (χ3v) is 3.14. The topological polar surface area (TPSA) is 61.4 Å². The van der Waals surface area contributed by atoms with Crippen LogP contribution in [0.4, 0.5) is 0 Å². The van der Waals surface area contributed by atoms with E-state index in [0.29, 0.717) is 0 Å². The molecule has 17 heavy (non-hydrogen) atoms. The van der Waals surface area contributed by atoms with E-state index in [1.807, 2.05) is 27.7 Å². The Hall–Kier alpha value is -0.610. The van der Waals surface area contributed by atoms with Gasteiger partial charge in [0.25, 0.3) is 0 Å². The van der Waals surface area contributed by atoms with Crippen LogP contribution in [-0.4, -0.2) is 34.7 Å². The molecule has 102 valence electrons. The van der Waals surface area contributed by atoms with Crippen LogP contribution in [0.3, 0.4) is 0 Å². The number of hydrogen-bond acceptors (Lipinski definition) is 3. The Morgan fingerprint density at radius 3 is 2.24 bits per heavy atom. The molecule has 0 saturated carbocycles. The van der Waals surface area contributed by atoms with Gasteiger partial charge in [0.05, 0.1) is 12.1 Å². The van der Waals surface area contributed by atoms with Crippen LogP contribution in [0, 0.1) is 0 Å². The Bertz CT molecular complexity index is 240. The number of aliphatic hydroxyl groups excluding tert-OH is 1. The first-order valence-corrected chi connectivity index (χ1v) is 6.46. The highest BCUT2D eigenvalue weighted by Crippen LogP contribution is 2.09. The van der Waals surface area contributed by atoms with Crippen molar-refractivity contribution in [2.24, 2.45) is 0 Å². The van der Waals surface area contributed by atoms with Crippen molar-refractivity contribution in [2.75, 3.05) is 0 Å². The maximum absolute atomic E-state index is 11.9. The maximum Gasteiger partial charge on any atom is 0.237 e. The quantitative estimate of drug-likeness (QED) is 0.635. The van der Waals surface area contributed by atoms with Gasteiger partial charge in [-0.15, -0.1) is 0 Å². The number of aliphatic hydroxyl groups is 1. The molecule has 1 amide bonds. The Morgan fingerprint density at radius 1 is 1.29 bits per heavy atom. The predicted molar refractivity (Wildman–Crippen MR) is 70.9 cm³/mol. The molecule has 0 bridgehead atoms. The highest BCUT2D eigenvalue weighted by molar-refractivity contribution is 5.81. The molecule has 0 aliphatic rings. The number of nitrogens with one attached hydrogen (secondary N) is 2. The zero-order chi connectivity index (χ0) is 13.6. The van der Waals surface area contributed by atoms with E-state index >= 15 is 0 Å². The first kappa shape index (κ1) is 16.4. The first-order chi connectivity index (χ1) is 7.70. The third kappa shape index (κ3) is 6.03. The van der Waals surface area contributed by atoms with Gasteiger partial charge in [-0.1, -0.05) is 13.3 Å². The average Bonchev–Trinajstić information content (AvgIpc) is 2.16. The van der Waals surface area contributed by atoms with Crippen LogP contribution in [0.15, 0.2) is 0 Å². The molecule has 0 fully saturated rings. The molecule has 0 aromatic heterocycles. The zero-order valence-corrected chi connectivity index (χ0v) is 12.0. The summed E-state index contributed by atoms with van der Waals surface area (Å²) in [6.45, 7) is 11.4. The van der Waals surface area contributed by atoms with Crippen molar-refractivity contribution in [3.63, 3.8) is 0 Å². The SMILES string of the molecule is CCCC(C)NC(=O)C(C)NC(C)(C)C(C)O. The van der Waals surface area contributed by atoms with Crippen LogP contribution >= 0.6 is 0 Å². The summed E-state index contributed by atoms with van der Waals surface area (Å²) in [7, 11) is 0. The molecule has 0 aromatic carbocycles. The molecule has 0 aliphatic heterocycles. The van der Waals surface area contributed by atoms with Crippen molar-refractivity contribution in [2.45, 2.75) is 78.1 Å². The average molecular weight is 244 g/mol. The third-order valence-electron chi connectivity index (χ3n) is 3.14.